The molecule has 1 aliphatic rings. The number of aliphatic hydroxyl groups is 1. The molecule has 134 valence electrons. The van der Waals surface area contributed by atoms with Crippen molar-refractivity contribution in [2.75, 3.05) is 29.9 Å². The zero-order chi connectivity index (χ0) is 18.0. The molecule has 10 heteroatoms. The van der Waals surface area contributed by atoms with Crippen LogP contribution in [0.4, 0.5) is 16.2 Å². The Morgan fingerprint density at radius 3 is 3.00 bits per heavy atom. The van der Waals surface area contributed by atoms with Gasteiger partial charge in [0.25, 0.3) is 0 Å². The number of aromatic nitrogens is 2. The van der Waals surface area contributed by atoms with Crippen LogP contribution < -0.4 is 15.5 Å². The van der Waals surface area contributed by atoms with Gasteiger partial charge in [-0.15, -0.1) is 0 Å². The Hall–Kier alpha value is -2.33. The van der Waals surface area contributed by atoms with Gasteiger partial charge in [-0.1, -0.05) is 0 Å². The first-order valence-corrected chi connectivity index (χ1v) is 8.59. The zero-order valence-corrected chi connectivity index (χ0v) is 14.8. The van der Waals surface area contributed by atoms with Gasteiger partial charge in [-0.25, -0.2) is 9.78 Å². The van der Waals surface area contributed by atoms with Crippen LogP contribution in [-0.4, -0.2) is 57.9 Å². The van der Waals surface area contributed by atoms with E-state index >= 15 is 0 Å². The molecule has 0 aromatic carbocycles. The minimum atomic E-state index is -1.04. The Morgan fingerprint density at radius 1 is 1.48 bits per heavy atom. The number of hydrogen-bond acceptors (Lipinski definition) is 5. The van der Waals surface area contributed by atoms with E-state index in [1.54, 1.807) is 12.4 Å². The van der Waals surface area contributed by atoms with Gasteiger partial charge in [0.2, 0.25) is 5.91 Å². The number of hydrogen-bond donors (Lipinski definition) is 5. The van der Waals surface area contributed by atoms with E-state index in [2.05, 4.69) is 41.4 Å². The number of rotatable bonds is 4. The smallest absolute Gasteiger partial charge is 0.404 e. The Labute approximate surface area is 151 Å². The molecule has 1 saturated heterocycles. The van der Waals surface area contributed by atoms with Crippen LogP contribution in [0.25, 0.3) is 11.0 Å². The van der Waals surface area contributed by atoms with Crippen molar-refractivity contribution in [3.63, 3.8) is 0 Å². The van der Waals surface area contributed by atoms with Crippen molar-refractivity contribution in [3.05, 3.63) is 16.9 Å². The number of nitrogens with one attached hydrogen (secondary N) is 3. The molecule has 3 rings (SSSR count). The highest BCUT2D eigenvalue weighted by molar-refractivity contribution is 9.10. The van der Waals surface area contributed by atoms with Gasteiger partial charge >= 0.3 is 6.09 Å². The van der Waals surface area contributed by atoms with Crippen LogP contribution in [0.15, 0.2) is 16.9 Å². The van der Waals surface area contributed by atoms with E-state index in [4.69, 9.17) is 10.2 Å². The largest absolute Gasteiger partial charge is 0.465 e. The minimum Gasteiger partial charge on any atom is -0.465 e. The topological polar surface area (TPSA) is 131 Å². The molecule has 0 aliphatic carbocycles. The van der Waals surface area contributed by atoms with E-state index in [0.717, 1.165) is 29.5 Å². The van der Waals surface area contributed by atoms with Gasteiger partial charge in [0.1, 0.15) is 12.3 Å². The Balaban J connectivity index is 1.99. The van der Waals surface area contributed by atoms with E-state index in [0.29, 0.717) is 23.3 Å². The molecule has 0 radical (unpaired) electrons. The normalized spacial score (nSPS) is 17.5. The molecular formula is C15H18BrN5O4. The lowest BCUT2D eigenvalue weighted by atomic mass is 10.0. The maximum absolute atomic E-state index is 11.6. The second kappa shape index (κ2) is 7.28. The van der Waals surface area contributed by atoms with Crippen LogP contribution in [0.5, 0.6) is 0 Å². The first kappa shape index (κ1) is 17.5. The first-order chi connectivity index (χ1) is 12.0. The van der Waals surface area contributed by atoms with Crippen LogP contribution >= 0.6 is 15.9 Å². The van der Waals surface area contributed by atoms with E-state index in [-0.39, 0.29) is 6.04 Å². The van der Waals surface area contributed by atoms with Crippen molar-refractivity contribution in [2.24, 2.45) is 0 Å². The number of fused-ring (bicyclic) bond motifs is 1. The maximum Gasteiger partial charge on any atom is 0.404 e. The minimum absolute atomic E-state index is 0.171. The maximum atomic E-state index is 11.6. The van der Waals surface area contributed by atoms with Crippen molar-refractivity contribution in [2.45, 2.75) is 18.9 Å². The fraction of sp³-hybridized carbons (Fsp3) is 0.400. The summed E-state index contributed by atoms with van der Waals surface area (Å²) < 4.78 is 0.745. The molecule has 0 saturated carbocycles. The lowest BCUT2D eigenvalue weighted by molar-refractivity contribution is -0.118. The van der Waals surface area contributed by atoms with Gasteiger partial charge in [-0.2, -0.15) is 0 Å². The molecular weight excluding hydrogens is 394 g/mol. The average Bonchev–Trinajstić information content (AvgIpc) is 2.97. The predicted octanol–water partition coefficient (Wildman–Crippen LogP) is 1.49. The number of carbonyl (C=O) groups is 2. The third kappa shape index (κ3) is 3.69. The second-order valence-electron chi connectivity index (χ2n) is 5.82. The molecule has 2 amide bonds. The van der Waals surface area contributed by atoms with E-state index in [1.165, 1.54) is 0 Å². The molecule has 1 atom stereocenters. The summed E-state index contributed by atoms with van der Waals surface area (Å²) in [5, 5.41) is 23.8. The van der Waals surface area contributed by atoms with E-state index < -0.39 is 18.6 Å². The summed E-state index contributed by atoms with van der Waals surface area (Å²) in [4.78, 5) is 31.9. The molecule has 25 heavy (non-hydrogen) atoms. The molecule has 9 nitrogen and oxygen atoms in total. The number of piperidine rings is 1. The summed E-state index contributed by atoms with van der Waals surface area (Å²) in [5.74, 6) is -0.518. The van der Waals surface area contributed by atoms with Gasteiger partial charge in [0, 0.05) is 31.5 Å². The van der Waals surface area contributed by atoms with Crippen molar-refractivity contribution < 1.29 is 19.8 Å². The quantitative estimate of drug-likeness (QED) is 0.517. The van der Waals surface area contributed by atoms with Gasteiger partial charge in [-0.3, -0.25) is 4.79 Å². The molecule has 5 N–H and O–H groups in total. The van der Waals surface area contributed by atoms with Gasteiger partial charge in [0.15, 0.2) is 0 Å². The number of halogens is 1. The first-order valence-electron chi connectivity index (χ1n) is 7.80. The van der Waals surface area contributed by atoms with Crippen LogP contribution in [0, 0.1) is 0 Å². The second-order valence-corrected chi connectivity index (χ2v) is 6.68. The Kier molecular flexibility index (Phi) is 5.09. The van der Waals surface area contributed by atoms with Crippen molar-refractivity contribution in [3.8, 4) is 0 Å². The SMILES string of the molecule is O=C(O)NC1CCCN(c2c(Br)cnc3[nH]cc(NC(=O)CO)c23)C1. The van der Waals surface area contributed by atoms with Crippen LogP contribution in [0.2, 0.25) is 0 Å². The van der Waals surface area contributed by atoms with Crippen molar-refractivity contribution >= 4 is 50.3 Å². The van der Waals surface area contributed by atoms with E-state index in [9.17, 15) is 9.59 Å². The standard InChI is InChI=1S/C15H18BrN5O4/c16-9-4-17-14-12(10(5-18-14)20-11(23)7-22)13(9)21-3-1-2-8(6-21)19-15(24)25/h4-5,8,19,22H,1-3,6-7H2,(H,17,18)(H,20,23)(H,24,25). The van der Waals surface area contributed by atoms with Crippen molar-refractivity contribution in [1.82, 2.24) is 15.3 Å². The fourth-order valence-electron chi connectivity index (χ4n) is 3.13. The van der Waals surface area contributed by atoms with Gasteiger partial charge in [-0.05, 0) is 28.8 Å². The number of H-pyrrole nitrogens is 1. The summed E-state index contributed by atoms with van der Waals surface area (Å²) in [6.45, 7) is 0.661. The fourth-order valence-corrected chi connectivity index (χ4v) is 3.68. The number of aliphatic hydroxyl groups excluding tert-OH is 1. The number of nitrogens with zero attached hydrogens (tertiary/aromatic N) is 2. The van der Waals surface area contributed by atoms with Crippen LogP contribution in [0.1, 0.15) is 12.8 Å². The summed E-state index contributed by atoms with van der Waals surface area (Å²) in [7, 11) is 0. The van der Waals surface area contributed by atoms with Crippen LogP contribution in [0.3, 0.4) is 0 Å². The highest BCUT2D eigenvalue weighted by Crippen LogP contribution is 2.38. The number of pyridine rings is 1. The lowest BCUT2D eigenvalue weighted by Gasteiger charge is -2.35. The third-order valence-electron chi connectivity index (χ3n) is 4.11. The summed E-state index contributed by atoms with van der Waals surface area (Å²) in [6.07, 6.45) is 3.86. The lowest BCUT2D eigenvalue weighted by Crippen LogP contribution is -2.47. The van der Waals surface area contributed by atoms with Gasteiger partial charge in [0.05, 0.1) is 21.2 Å². The Bertz CT molecular complexity index is 809. The summed E-state index contributed by atoms with van der Waals surface area (Å²) >= 11 is 3.51. The Morgan fingerprint density at radius 2 is 2.28 bits per heavy atom. The molecule has 0 bridgehead atoms. The highest BCUT2D eigenvalue weighted by atomic mass is 79.9. The number of amides is 2. The molecule has 0 spiro atoms. The van der Waals surface area contributed by atoms with Gasteiger partial charge < -0.3 is 30.7 Å². The monoisotopic (exact) mass is 411 g/mol. The molecule has 2 aromatic rings. The third-order valence-corrected chi connectivity index (χ3v) is 4.69. The average molecular weight is 412 g/mol. The highest BCUT2D eigenvalue weighted by Gasteiger charge is 2.26. The number of aromatic amines is 1. The molecule has 2 aromatic heterocycles. The number of anilines is 2. The molecule has 1 aliphatic heterocycles. The number of carbonyl (C=O) groups excluding carboxylic acids is 1. The predicted molar refractivity (Wildman–Crippen MR) is 95.9 cm³/mol. The molecule has 1 fully saturated rings. The van der Waals surface area contributed by atoms with Crippen LogP contribution in [-0.2, 0) is 4.79 Å². The molecule has 3 heterocycles. The van der Waals surface area contributed by atoms with E-state index in [1.807, 2.05) is 0 Å². The van der Waals surface area contributed by atoms with Crippen molar-refractivity contribution in [1.29, 1.82) is 0 Å². The zero-order valence-electron chi connectivity index (χ0n) is 13.3. The summed E-state index contributed by atoms with van der Waals surface area (Å²) in [6, 6.07) is -0.171. The summed E-state index contributed by atoms with van der Waals surface area (Å²) in [5.41, 5.74) is 1.95. The molecule has 1 unspecified atom stereocenters. The number of carboxylic acid groups (broad SMARTS) is 1.